The van der Waals surface area contributed by atoms with Crippen molar-refractivity contribution in [2.24, 2.45) is 4.99 Å². The number of hydrogen-bond donors (Lipinski definition) is 0. The Morgan fingerprint density at radius 3 is 3.36 bits per heavy atom. The Morgan fingerprint density at radius 2 is 2.45 bits per heavy atom. The molecule has 1 aliphatic rings. The molecule has 1 aliphatic heterocycles. The van der Waals surface area contributed by atoms with Crippen LogP contribution in [-0.4, -0.2) is 10.9 Å². The molecule has 0 bridgehead atoms. The number of fused-ring (bicyclic) bond motifs is 1. The van der Waals surface area contributed by atoms with E-state index in [2.05, 4.69) is 15.8 Å². The predicted octanol–water partition coefficient (Wildman–Crippen LogP) is 2.12. The second-order valence-corrected chi connectivity index (χ2v) is 3.44. The molecule has 0 aliphatic carbocycles. The lowest BCUT2D eigenvalue weighted by atomic mass is 10.3. The minimum absolute atomic E-state index is 1.00. The third-order valence-corrected chi connectivity index (χ3v) is 2.30. The lowest BCUT2D eigenvalue weighted by molar-refractivity contribution is 1.27. The summed E-state index contributed by atoms with van der Waals surface area (Å²) in [5, 5.41) is 1.08. The van der Waals surface area contributed by atoms with Gasteiger partial charge in [0.15, 0.2) is 0 Å². The Bertz CT molecular complexity index is 367. The van der Waals surface area contributed by atoms with Gasteiger partial charge in [-0.1, -0.05) is 0 Å². The monoisotopic (exact) mass is 162 g/mol. The third-order valence-electron chi connectivity index (χ3n) is 1.37. The highest BCUT2D eigenvalue weighted by molar-refractivity contribution is 7.12. The largest absolute Gasteiger partial charge is 0.241 e. The second-order valence-electron chi connectivity index (χ2n) is 2.20. The van der Waals surface area contributed by atoms with E-state index in [1.165, 1.54) is 0 Å². The van der Waals surface area contributed by atoms with E-state index in [0.29, 0.717) is 0 Å². The van der Waals surface area contributed by atoms with Gasteiger partial charge in [0.1, 0.15) is 0 Å². The zero-order valence-corrected chi connectivity index (χ0v) is 6.85. The number of hydrogen-bond acceptors (Lipinski definition) is 3. The summed E-state index contributed by atoms with van der Waals surface area (Å²) < 4.78 is 0. The number of aromatic nitrogens is 1. The number of aryl methyl sites for hydroxylation is 1. The van der Waals surface area contributed by atoms with Gasteiger partial charge < -0.3 is 0 Å². The normalized spacial score (nSPS) is 13.2. The molecular formula is C8H6N2S. The van der Waals surface area contributed by atoms with E-state index in [1.54, 1.807) is 17.5 Å². The maximum atomic E-state index is 4.31. The van der Waals surface area contributed by atoms with Crippen molar-refractivity contribution in [3.05, 3.63) is 21.8 Å². The fraction of sp³-hybridized carbons (Fsp3) is 0.125. The highest BCUT2D eigenvalue weighted by Gasteiger charge is 2.03. The fourth-order valence-electron chi connectivity index (χ4n) is 0.929. The van der Waals surface area contributed by atoms with Crippen LogP contribution in [0.5, 0.6) is 0 Å². The van der Waals surface area contributed by atoms with E-state index in [4.69, 9.17) is 0 Å². The SMILES string of the molecule is Cc1nc2c(s1)C=C=NC=C2. The molecule has 54 valence electrons. The van der Waals surface area contributed by atoms with Crippen LogP contribution in [-0.2, 0) is 0 Å². The van der Waals surface area contributed by atoms with Crippen molar-refractivity contribution in [1.29, 1.82) is 0 Å². The van der Waals surface area contributed by atoms with Crippen LogP contribution in [0.4, 0.5) is 0 Å². The van der Waals surface area contributed by atoms with Gasteiger partial charge in [-0.2, -0.15) is 0 Å². The molecule has 11 heavy (non-hydrogen) atoms. The van der Waals surface area contributed by atoms with E-state index < -0.39 is 0 Å². The first-order chi connectivity index (χ1) is 5.36. The van der Waals surface area contributed by atoms with E-state index in [0.717, 1.165) is 15.6 Å². The summed E-state index contributed by atoms with van der Waals surface area (Å²) in [7, 11) is 0. The summed E-state index contributed by atoms with van der Waals surface area (Å²) in [4.78, 5) is 9.32. The summed E-state index contributed by atoms with van der Waals surface area (Å²) >= 11 is 1.66. The zero-order chi connectivity index (χ0) is 7.68. The highest BCUT2D eigenvalue weighted by atomic mass is 32.1. The Kier molecular flexibility index (Phi) is 1.46. The van der Waals surface area contributed by atoms with Gasteiger partial charge in [0.05, 0.1) is 15.6 Å². The third kappa shape index (κ3) is 1.16. The van der Waals surface area contributed by atoms with Crippen molar-refractivity contribution in [3.8, 4) is 0 Å². The predicted molar refractivity (Wildman–Crippen MR) is 47.8 cm³/mol. The molecule has 0 atom stereocenters. The zero-order valence-electron chi connectivity index (χ0n) is 6.03. The number of rotatable bonds is 0. The quantitative estimate of drug-likeness (QED) is 0.573. The van der Waals surface area contributed by atoms with Crippen molar-refractivity contribution in [3.63, 3.8) is 0 Å². The van der Waals surface area contributed by atoms with Gasteiger partial charge in [-0.25, -0.2) is 9.98 Å². The van der Waals surface area contributed by atoms with E-state index in [-0.39, 0.29) is 0 Å². The molecule has 0 radical (unpaired) electrons. The van der Waals surface area contributed by atoms with E-state index >= 15 is 0 Å². The molecule has 0 aromatic carbocycles. The van der Waals surface area contributed by atoms with Crippen LogP contribution in [0.25, 0.3) is 12.2 Å². The molecule has 0 saturated carbocycles. The van der Waals surface area contributed by atoms with Gasteiger partial charge in [-0.15, -0.1) is 11.3 Å². The molecule has 0 spiro atoms. The molecule has 0 amide bonds. The lowest BCUT2D eigenvalue weighted by Gasteiger charge is -1.81. The van der Waals surface area contributed by atoms with Gasteiger partial charge in [0.2, 0.25) is 0 Å². The van der Waals surface area contributed by atoms with Crippen molar-refractivity contribution in [2.45, 2.75) is 6.92 Å². The molecule has 0 unspecified atom stereocenters. The molecule has 3 heteroatoms. The Labute approximate surface area is 68.6 Å². The smallest absolute Gasteiger partial charge is 0.0908 e. The van der Waals surface area contributed by atoms with E-state index in [1.807, 2.05) is 19.1 Å². The fourth-order valence-corrected chi connectivity index (χ4v) is 1.72. The van der Waals surface area contributed by atoms with Crippen LogP contribution in [0.1, 0.15) is 15.6 Å². The molecule has 0 saturated heterocycles. The van der Waals surface area contributed by atoms with Crippen LogP contribution in [0.2, 0.25) is 0 Å². The van der Waals surface area contributed by atoms with Crippen LogP contribution >= 0.6 is 11.3 Å². The Balaban J connectivity index is 2.66. The van der Waals surface area contributed by atoms with Gasteiger partial charge in [0.25, 0.3) is 0 Å². The van der Waals surface area contributed by atoms with Crippen LogP contribution in [0.15, 0.2) is 11.2 Å². The van der Waals surface area contributed by atoms with Gasteiger partial charge in [-0.3, -0.25) is 0 Å². The summed E-state index contributed by atoms with van der Waals surface area (Å²) in [6.45, 7) is 2.00. The maximum absolute atomic E-state index is 4.31. The maximum Gasteiger partial charge on any atom is 0.0908 e. The van der Waals surface area contributed by atoms with Crippen LogP contribution in [0, 0.1) is 6.92 Å². The van der Waals surface area contributed by atoms with Crippen molar-refractivity contribution < 1.29 is 0 Å². The van der Waals surface area contributed by atoms with E-state index in [9.17, 15) is 0 Å². The average Bonchev–Trinajstić information content (AvgIpc) is 2.17. The van der Waals surface area contributed by atoms with Gasteiger partial charge in [0, 0.05) is 12.3 Å². The number of thiazole rings is 1. The molecule has 0 N–H and O–H groups in total. The minimum atomic E-state index is 1.00. The molecule has 2 nitrogen and oxygen atoms in total. The number of nitrogens with zero attached hydrogens (tertiary/aromatic N) is 2. The number of aliphatic imine (C=N–C) groups is 1. The minimum Gasteiger partial charge on any atom is -0.241 e. The molecule has 1 aromatic rings. The molecule has 2 rings (SSSR count). The molecule has 1 aromatic heterocycles. The highest BCUT2D eigenvalue weighted by Crippen LogP contribution is 2.20. The average molecular weight is 162 g/mol. The first-order valence-electron chi connectivity index (χ1n) is 3.29. The van der Waals surface area contributed by atoms with Gasteiger partial charge >= 0.3 is 0 Å². The van der Waals surface area contributed by atoms with Gasteiger partial charge in [-0.05, 0) is 18.9 Å². The second kappa shape index (κ2) is 2.46. The standard InChI is InChI=1S/C8H6N2S/c1-6-10-7-2-4-9-5-3-8(7)11-6/h2-4H,1H3. The summed E-state index contributed by atoms with van der Waals surface area (Å²) in [5.74, 6) is 2.80. The lowest BCUT2D eigenvalue weighted by Crippen LogP contribution is -1.73. The Hall–Kier alpha value is -1.18. The van der Waals surface area contributed by atoms with Crippen LogP contribution < -0.4 is 0 Å². The molecular weight excluding hydrogens is 156 g/mol. The summed E-state index contributed by atoms with van der Waals surface area (Å²) in [5.41, 5.74) is 1.00. The Morgan fingerprint density at radius 1 is 1.55 bits per heavy atom. The van der Waals surface area contributed by atoms with Crippen molar-refractivity contribution >= 4 is 29.4 Å². The first kappa shape index (κ1) is 6.53. The summed E-state index contributed by atoms with van der Waals surface area (Å²) in [6.07, 6.45) is 5.47. The first-order valence-corrected chi connectivity index (χ1v) is 4.10. The molecule has 2 heterocycles. The van der Waals surface area contributed by atoms with Crippen LogP contribution in [0.3, 0.4) is 0 Å². The topological polar surface area (TPSA) is 25.2 Å². The van der Waals surface area contributed by atoms with Crippen molar-refractivity contribution in [1.82, 2.24) is 4.98 Å². The summed E-state index contributed by atoms with van der Waals surface area (Å²) in [6, 6.07) is 0. The molecule has 0 fully saturated rings. The van der Waals surface area contributed by atoms with Crippen molar-refractivity contribution in [2.75, 3.05) is 0 Å².